The van der Waals surface area contributed by atoms with Gasteiger partial charge in [-0.3, -0.25) is 35.8 Å². The molecule has 11 nitrogen and oxygen atoms in total. The fourth-order valence-electron chi connectivity index (χ4n) is 4.23. The minimum Gasteiger partial charge on any atom is -0.478 e. The van der Waals surface area contributed by atoms with Crippen LogP contribution in [0, 0.1) is 23.7 Å². The molecule has 0 heterocycles. The van der Waals surface area contributed by atoms with Crippen molar-refractivity contribution < 1.29 is 34.2 Å². The van der Waals surface area contributed by atoms with Gasteiger partial charge < -0.3 is 9.84 Å². The van der Waals surface area contributed by atoms with E-state index in [1.165, 1.54) is 0 Å². The molecule has 0 aliphatic carbocycles. The lowest BCUT2D eigenvalue weighted by Crippen LogP contribution is -2.59. The first-order chi connectivity index (χ1) is 18.5. The number of rotatable bonds is 14. The van der Waals surface area contributed by atoms with Crippen LogP contribution in [-0.4, -0.2) is 56.9 Å². The van der Waals surface area contributed by atoms with Crippen molar-refractivity contribution >= 4 is 42.2 Å². The van der Waals surface area contributed by atoms with Gasteiger partial charge in [0.15, 0.2) is 0 Å². The molecule has 41 heavy (non-hydrogen) atoms. The van der Waals surface area contributed by atoms with E-state index >= 15 is 0 Å². The zero-order chi connectivity index (χ0) is 30.7. The minimum absolute atomic E-state index is 0. The number of halogens is 1. The summed E-state index contributed by atoms with van der Waals surface area (Å²) in [5, 5.41) is 20.2. The second kappa shape index (κ2) is 17.1. The van der Waals surface area contributed by atoms with E-state index in [1.807, 2.05) is 64.1 Å². The second-order valence-electron chi connectivity index (χ2n) is 11.8. The molecule has 232 valence electrons. The van der Waals surface area contributed by atoms with Crippen LogP contribution in [0.15, 0.2) is 36.4 Å². The predicted octanol–water partition coefficient (Wildman–Crippen LogP) is 3.76. The van der Waals surface area contributed by atoms with Crippen LogP contribution >= 0.6 is 12.4 Å². The molecule has 0 aliphatic heterocycles. The normalized spacial score (nSPS) is 14.6. The molecule has 3 amide bonds. The first-order valence-electron chi connectivity index (χ1n) is 13.5. The maximum absolute atomic E-state index is 13.6. The third-order valence-corrected chi connectivity index (χ3v) is 5.85. The molecule has 3 atom stereocenters. The van der Waals surface area contributed by atoms with Gasteiger partial charge in [0.2, 0.25) is 23.4 Å². The Labute approximate surface area is 249 Å². The fraction of sp³-hybridized carbons (Fsp3) is 0.586. The lowest BCUT2D eigenvalue weighted by atomic mass is 9.82. The molecule has 0 spiro atoms. The van der Waals surface area contributed by atoms with Gasteiger partial charge in [-0.25, -0.2) is 10.3 Å². The summed E-state index contributed by atoms with van der Waals surface area (Å²) in [5.74, 6) is -5.58. The number of hydrogen-bond acceptors (Lipinski definition) is 7. The maximum Gasteiger partial charge on any atom is 0.351 e. The van der Waals surface area contributed by atoms with Crippen molar-refractivity contribution in [3.63, 3.8) is 0 Å². The van der Waals surface area contributed by atoms with Crippen LogP contribution in [0.2, 0.25) is 0 Å². The van der Waals surface area contributed by atoms with Crippen molar-refractivity contribution in [3.8, 4) is 0 Å². The third kappa shape index (κ3) is 13.5. The van der Waals surface area contributed by atoms with Crippen molar-refractivity contribution in [1.82, 2.24) is 15.9 Å². The van der Waals surface area contributed by atoms with Gasteiger partial charge in [-0.1, -0.05) is 70.2 Å². The molecule has 12 heteroatoms. The van der Waals surface area contributed by atoms with E-state index in [9.17, 15) is 29.5 Å². The number of allylic oxidation sites excluding steroid dienone is 1. The highest BCUT2D eigenvalue weighted by Crippen LogP contribution is 2.26. The second-order valence-corrected chi connectivity index (χ2v) is 11.8. The summed E-state index contributed by atoms with van der Waals surface area (Å²) in [5.41, 5.74) is 7.88. The number of carboxylic acid groups (broad SMARTS) is 1. The Kier molecular flexibility index (Phi) is 15.8. The molecule has 1 aromatic carbocycles. The van der Waals surface area contributed by atoms with Crippen LogP contribution in [0.4, 0.5) is 0 Å². The molecule has 0 bridgehead atoms. The number of carbonyl (C=O) groups is 4. The van der Waals surface area contributed by atoms with E-state index in [0.29, 0.717) is 0 Å². The van der Waals surface area contributed by atoms with Crippen molar-refractivity contribution in [2.24, 2.45) is 29.4 Å². The van der Waals surface area contributed by atoms with Crippen LogP contribution in [-0.2, 0) is 23.9 Å². The van der Waals surface area contributed by atoms with Crippen molar-refractivity contribution in [3.05, 3.63) is 42.0 Å². The quantitative estimate of drug-likeness (QED) is 0.122. The van der Waals surface area contributed by atoms with Crippen LogP contribution in [0.5, 0.6) is 0 Å². The summed E-state index contributed by atoms with van der Waals surface area (Å²) in [7, 11) is 0. The lowest BCUT2D eigenvalue weighted by molar-refractivity contribution is -0.189. The van der Waals surface area contributed by atoms with E-state index < -0.39 is 53.3 Å². The maximum atomic E-state index is 13.6. The van der Waals surface area contributed by atoms with Crippen LogP contribution in [0.1, 0.15) is 73.3 Å². The minimum atomic E-state index is -2.33. The van der Waals surface area contributed by atoms with Gasteiger partial charge in [-0.2, -0.15) is 0 Å². The highest BCUT2D eigenvalue weighted by Gasteiger charge is 2.43. The van der Waals surface area contributed by atoms with Gasteiger partial charge in [0, 0.05) is 6.54 Å². The molecule has 1 rings (SSSR count). The van der Waals surface area contributed by atoms with Crippen LogP contribution < -0.4 is 16.6 Å². The van der Waals surface area contributed by atoms with E-state index in [1.54, 1.807) is 32.3 Å². The Bertz CT molecular complexity index is 1030. The molecule has 0 saturated heterocycles. The summed E-state index contributed by atoms with van der Waals surface area (Å²) in [6, 6.07) is 9.42. The van der Waals surface area contributed by atoms with Gasteiger partial charge in [-0.05, 0) is 51.0 Å². The molecule has 0 saturated carbocycles. The number of carbonyl (C=O) groups excluding carboxylic acids is 3. The number of amides is 3. The van der Waals surface area contributed by atoms with Gasteiger partial charge in [0.1, 0.15) is 0 Å². The van der Waals surface area contributed by atoms with E-state index in [-0.39, 0.29) is 43.6 Å². The van der Waals surface area contributed by atoms with Crippen molar-refractivity contribution in [2.45, 2.75) is 79.1 Å². The number of carboxylic acids is 1. The SMILES string of the molecule is CC(C)C[C@@H](C(=O)NN(CC(C)C)C(=O)C[C@](N)(OC(C)(C)C)C(=O)O)[C@H](CC=Cc1ccccc1)C(=O)NO.Cl. The first-order valence-corrected chi connectivity index (χ1v) is 13.5. The first kappa shape index (κ1) is 38.0. The lowest BCUT2D eigenvalue weighted by Gasteiger charge is -2.35. The van der Waals surface area contributed by atoms with E-state index in [2.05, 4.69) is 5.43 Å². The summed E-state index contributed by atoms with van der Waals surface area (Å²) in [4.78, 5) is 51.6. The fourth-order valence-corrected chi connectivity index (χ4v) is 4.23. The Morgan fingerprint density at radius 2 is 1.59 bits per heavy atom. The van der Waals surface area contributed by atoms with Gasteiger partial charge in [0.25, 0.3) is 0 Å². The number of hydroxylamine groups is 1. The van der Waals surface area contributed by atoms with Gasteiger partial charge in [0.05, 0.1) is 23.9 Å². The van der Waals surface area contributed by atoms with Crippen molar-refractivity contribution in [1.29, 1.82) is 0 Å². The Hall–Kier alpha value is -2.99. The molecule has 0 aromatic heterocycles. The number of benzene rings is 1. The molecular weight excluding hydrogens is 552 g/mol. The number of hydrogen-bond donors (Lipinski definition) is 5. The van der Waals surface area contributed by atoms with Crippen molar-refractivity contribution in [2.75, 3.05) is 6.54 Å². The van der Waals surface area contributed by atoms with E-state index in [4.69, 9.17) is 10.5 Å². The zero-order valence-electron chi connectivity index (χ0n) is 25.0. The monoisotopic (exact) mass is 598 g/mol. The molecule has 0 fully saturated rings. The van der Waals surface area contributed by atoms with Crippen LogP contribution in [0.25, 0.3) is 6.08 Å². The summed E-state index contributed by atoms with van der Waals surface area (Å²) < 4.78 is 5.51. The average molecular weight is 599 g/mol. The number of ether oxygens (including phenoxy) is 1. The number of nitrogens with zero attached hydrogens (tertiary/aromatic N) is 1. The molecular formula is C29H47ClN4O7. The third-order valence-electron chi connectivity index (χ3n) is 5.85. The Morgan fingerprint density at radius 3 is 2.05 bits per heavy atom. The topological polar surface area (TPSA) is 171 Å². The summed E-state index contributed by atoms with van der Waals surface area (Å²) >= 11 is 0. The van der Waals surface area contributed by atoms with E-state index in [0.717, 1.165) is 10.6 Å². The number of hydrazine groups is 1. The zero-order valence-corrected chi connectivity index (χ0v) is 25.9. The van der Waals surface area contributed by atoms with Gasteiger partial charge >= 0.3 is 5.97 Å². The Morgan fingerprint density at radius 1 is 1.00 bits per heavy atom. The predicted molar refractivity (Wildman–Crippen MR) is 158 cm³/mol. The largest absolute Gasteiger partial charge is 0.478 e. The molecule has 0 aliphatic rings. The van der Waals surface area contributed by atoms with Crippen LogP contribution in [0.3, 0.4) is 0 Å². The average Bonchev–Trinajstić information content (AvgIpc) is 2.83. The molecule has 0 unspecified atom stereocenters. The molecule has 1 aromatic rings. The smallest absolute Gasteiger partial charge is 0.351 e. The van der Waals surface area contributed by atoms with Gasteiger partial charge in [-0.15, -0.1) is 12.4 Å². The summed E-state index contributed by atoms with van der Waals surface area (Å²) in [6.45, 7) is 12.4. The highest BCUT2D eigenvalue weighted by atomic mass is 35.5. The highest BCUT2D eigenvalue weighted by molar-refractivity contribution is 5.90. The number of aliphatic carboxylic acids is 1. The number of nitrogens with two attached hydrogens (primary N) is 1. The number of nitrogens with one attached hydrogen (secondary N) is 2. The Balaban J connectivity index is 0.0000160. The standard InChI is InChI=1S/C29H46N4O7.ClH/c1-19(2)16-23(22(26(36)32-39)15-11-14-21-12-9-8-10-13-21)25(35)31-33(18-20(3)4)24(34)17-29(30,27(37)38)40-28(5,6)7;/h8-14,19-20,22-23,39H,15-18,30H2,1-7H3,(H,31,35)(H,32,36)(H,37,38);1H/t22-,23+,29-;/m0./s1. The summed E-state index contributed by atoms with van der Waals surface area (Å²) in [6.07, 6.45) is 3.27. The molecule has 0 radical (unpaired) electrons. The molecule has 6 N–H and O–H groups in total.